The number of methoxy groups -OCH3 is 2. The van der Waals surface area contributed by atoms with Gasteiger partial charge in [0.2, 0.25) is 0 Å². The zero-order valence-corrected chi connectivity index (χ0v) is 17.9. The molecule has 2 aliphatic heterocycles. The quantitative estimate of drug-likeness (QED) is 0.737. The van der Waals surface area contributed by atoms with Crippen LogP contribution in [0.2, 0.25) is 0 Å². The van der Waals surface area contributed by atoms with Crippen LogP contribution in [-0.4, -0.2) is 55.7 Å². The highest BCUT2D eigenvalue weighted by Crippen LogP contribution is 2.78. The lowest BCUT2D eigenvalue weighted by atomic mass is 9.33. The summed E-state index contributed by atoms with van der Waals surface area (Å²) in [4.78, 5) is 15.4. The molecule has 2 spiro atoms. The van der Waals surface area contributed by atoms with Crippen molar-refractivity contribution in [3.05, 3.63) is 35.4 Å². The first-order valence-electron chi connectivity index (χ1n) is 10.7. The Hall–Kier alpha value is -1.85. The number of carbonyl (C=O) groups is 1. The molecule has 1 saturated heterocycles. The van der Waals surface area contributed by atoms with Gasteiger partial charge in [-0.2, -0.15) is 0 Å². The van der Waals surface area contributed by atoms with Crippen molar-refractivity contribution in [1.29, 1.82) is 0 Å². The molecule has 0 radical (unpaired) electrons. The molecule has 0 N–H and O–H groups in total. The minimum atomic E-state index is -0.778. The average molecular weight is 395 g/mol. The molecule has 0 amide bonds. The Balaban J connectivity index is 1.76. The summed E-state index contributed by atoms with van der Waals surface area (Å²) in [6.45, 7) is 4.92. The average Bonchev–Trinajstić information content (AvgIpc) is 3.00. The van der Waals surface area contributed by atoms with Gasteiger partial charge in [0, 0.05) is 24.1 Å². The van der Waals surface area contributed by atoms with Crippen molar-refractivity contribution in [2.24, 2.45) is 11.3 Å². The van der Waals surface area contributed by atoms with Crippen molar-refractivity contribution in [3.8, 4) is 11.5 Å². The third-order valence-corrected chi connectivity index (χ3v) is 9.41. The van der Waals surface area contributed by atoms with Crippen LogP contribution in [0.25, 0.3) is 0 Å². The van der Waals surface area contributed by atoms with Gasteiger partial charge >= 0.3 is 0 Å². The maximum absolute atomic E-state index is 12.9. The summed E-state index contributed by atoms with van der Waals surface area (Å²) in [6, 6.07) is 4.61. The zero-order valence-electron chi connectivity index (χ0n) is 17.9. The molecule has 2 heterocycles. The third kappa shape index (κ3) is 1.52. The van der Waals surface area contributed by atoms with Gasteiger partial charge in [-0.05, 0) is 58.3 Å². The highest BCUT2D eigenvalue weighted by atomic mass is 16.6. The maximum Gasteiger partial charge on any atom is 0.166 e. The Kier molecular flexibility index (Phi) is 3.14. The van der Waals surface area contributed by atoms with Crippen LogP contribution >= 0.6 is 0 Å². The number of nitrogens with zero attached hydrogens (tertiary/aromatic N) is 1. The lowest BCUT2D eigenvalue weighted by Gasteiger charge is -2.74. The largest absolute Gasteiger partial charge is 0.493 e. The Bertz CT molecular complexity index is 987. The number of rotatable bonds is 3. The topological polar surface area (TPSA) is 48.0 Å². The van der Waals surface area contributed by atoms with Gasteiger partial charge in [0.15, 0.2) is 17.1 Å². The molecule has 0 unspecified atom stereocenters. The van der Waals surface area contributed by atoms with E-state index in [2.05, 4.69) is 37.1 Å². The molecular formula is C24H29NO4. The van der Waals surface area contributed by atoms with Crippen molar-refractivity contribution in [2.45, 2.75) is 55.8 Å². The SMILES string of the molecule is COc1ccc2c3c1O[C@@]1(C)[C@]34CCN(C)[C@H](C2)[C@]42C=C[C@@]1(OC)[C@H](C(C)=O)C2. The molecule has 5 nitrogen and oxygen atoms in total. The normalized spacial score (nSPS) is 45.7. The summed E-state index contributed by atoms with van der Waals surface area (Å²) in [6.07, 6.45) is 7.36. The van der Waals surface area contributed by atoms with Crippen molar-refractivity contribution in [1.82, 2.24) is 4.90 Å². The van der Waals surface area contributed by atoms with Gasteiger partial charge in [-0.15, -0.1) is 0 Å². The second-order valence-corrected chi connectivity index (χ2v) is 9.86. The molecule has 29 heavy (non-hydrogen) atoms. The summed E-state index contributed by atoms with van der Waals surface area (Å²) >= 11 is 0. The summed E-state index contributed by atoms with van der Waals surface area (Å²) in [5, 5.41) is 0. The molecule has 0 aromatic heterocycles. The van der Waals surface area contributed by atoms with Gasteiger partial charge in [-0.3, -0.25) is 4.79 Å². The fourth-order valence-corrected chi connectivity index (χ4v) is 8.30. The van der Waals surface area contributed by atoms with Crippen LogP contribution < -0.4 is 9.47 Å². The van der Waals surface area contributed by atoms with E-state index in [9.17, 15) is 4.79 Å². The van der Waals surface area contributed by atoms with Crippen molar-refractivity contribution < 1.29 is 19.0 Å². The Morgan fingerprint density at radius 1 is 1.28 bits per heavy atom. The fourth-order valence-electron chi connectivity index (χ4n) is 8.30. The number of Topliss-reactive ketones (excluding diaryl/α,β-unsaturated/α-hetero) is 1. The number of benzene rings is 1. The number of piperidine rings is 1. The van der Waals surface area contributed by atoms with Crippen LogP contribution in [0, 0.1) is 11.3 Å². The van der Waals surface area contributed by atoms with Gasteiger partial charge < -0.3 is 19.1 Å². The fraction of sp³-hybridized carbons (Fsp3) is 0.625. The summed E-state index contributed by atoms with van der Waals surface area (Å²) in [7, 11) is 5.68. The summed E-state index contributed by atoms with van der Waals surface area (Å²) in [5.74, 6) is 1.62. The van der Waals surface area contributed by atoms with Crippen LogP contribution in [-0.2, 0) is 21.4 Å². The number of carbonyl (C=O) groups excluding carboxylic acids is 1. The maximum atomic E-state index is 12.9. The van der Waals surface area contributed by atoms with Gasteiger partial charge in [0.05, 0.1) is 18.4 Å². The number of likely N-dealkylation sites (tertiary alicyclic amines) is 1. The highest BCUT2D eigenvalue weighted by Gasteiger charge is 2.84. The van der Waals surface area contributed by atoms with E-state index in [1.807, 2.05) is 6.07 Å². The van der Waals surface area contributed by atoms with Crippen molar-refractivity contribution in [3.63, 3.8) is 0 Å². The molecule has 2 fully saturated rings. The van der Waals surface area contributed by atoms with Gasteiger partial charge in [-0.25, -0.2) is 0 Å². The molecule has 1 aromatic rings. The molecule has 154 valence electrons. The zero-order chi connectivity index (χ0) is 20.4. The number of likely N-dealkylation sites (N-methyl/N-ethyl adjacent to an activating group) is 1. The summed E-state index contributed by atoms with van der Waals surface area (Å²) in [5.41, 5.74) is 0.875. The second kappa shape index (κ2) is 5.06. The van der Waals surface area contributed by atoms with E-state index in [1.165, 1.54) is 11.1 Å². The number of ketones is 1. The monoisotopic (exact) mass is 395 g/mol. The van der Waals surface area contributed by atoms with Crippen LogP contribution in [0.4, 0.5) is 0 Å². The Labute approximate surface area is 172 Å². The molecule has 1 saturated carbocycles. The molecular weight excluding hydrogens is 366 g/mol. The van der Waals surface area contributed by atoms with Crippen LogP contribution in [0.5, 0.6) is 11.5 Å². The molecule has 6 aliphatic rings. The number of hydrogen-bond acceptors (Lipinski definition) is 5. The molecule has 4 bridgehead atoms. The van der Waals surface area contributed by atoms with E-state index in [0.717, 1.165) is 37.3 Å². The van der Waals surface area contributed by atoms with Crippen LogP contribution in [0.1, 0.15) is 37.8 Å². The number of fused-ring (bicyclic) bond motifs is 1. The first kappa shape index (κ1) is 18.0. The van der Waals surface area contributed by atoms with Crippen LogP contribution in [0.3, 0.4) is 0 Å². The molecule has 7 rings (SSSR count). The van der Waals surface area contributed by atoms with Crippen molar-refractivity contribution >= 4 is 5.78 Å². The lowest BCUT2D eigenvalue weighted by Crippen LogP contribution is -2.84. The molecule has 1 aromatic carbocycles. The van der Waals surface area contributed by atoms with E-state index in [0.29, 0.717) is 6.04 Å². The van der Waals surface area contributed by atoms with E-state index >= 15 is 0 Å². The van der Waals surface area contributed by atoms with E-state index in [-0.39, 0.29) is 22.5 Å². The van der Waals surface area contributed by atoms with Gasteiger partial charge in [-0.1, -0.05) is 18.2 Å². The van der Waals surface area contributed by atoms with E-state index in [4.69, 9.17) is 14.2 Å². The minimum Gasteiger partial charge on any atom is -0.493 e. The second-order valence-electron chi connectivity index (χ2n) is 9.86. The summed E-state index contributed by atoms with van der Waals surface area (Å²) < 4.78 is 19.0. The minimum absolute atomic E-state index is 0.143. The van der Waals surface area contributed by atoms with Crippen molar-refractivity contribution in [2.75, 3.05) is 27.8 Å². The van der Waals surface area contributed by atoms with Crippen LogP contribution in [0.15, 0.2) is 24.3 Å². The van der Waals surface area contributed by atoms with E-state index < -0.39 is 11.2 Å². The molecule has 4 aliphatic carbocycles. The first-order chi connectivity index (χ1) is 13.8. The highest BCUT2D eigenvalue weighted by molar-refractivity contribution is 5.83. The smallest absolute Gasteiger partial charge is 0.166 e. The Morgan fingerprint density at radius 2 is 2.07 bits per heavy atom. The van der Waals surface area contributed by atoms with E-state index in [1.54, 1.807) is 21.1 Å². The molecule has 5 heteroatoms. The predicted molar refractivity (Wildman–Crippen MR) is 109 cm³/mol. The lowest BCUT2D eigenvalue weighted by molar-refractivity contribution is -0.255. The molecule has 6 atom stereocenters. The number of ether oxygens (including phenoxy) is 3. The van der Waals surface area contributed by atoms with Gasteiger partial charge in [0.25, 0.3) is 0 Å². The Morgan fingerprint density at radius 3 is 2.76 bits per heavy atom. The predicted octanol–water partition coefficient (Wildman–Crippen LogP) is 2.89. The first-order valence-corrected chi connectivity index (χ1v) is 10.7. The third-order valence-electron chi connectivity index (χ3n) is 9.41. The number of hydrogen-bond donors (Lipinski definition) is 0. The standard InChI is InChI=1S/C24H29NO4/c1-14(26)16-13-22-8-9-24(16,28-5)21(2)23(22)10-11-25(3)18(22)12-15-6-7-17(27-4)20(29-21)19(15)23/h6-9,16,18H,10-13H2,1-5H3/t16-,18+,21-,22+,23-,24+/m0/s1. The van der Waals surface area contributed by atoms with Gasteiger partial charge in [0.1, 0.15) is 11.4 Å².